The van der Waals surface area contributed by atoms with Crippen LogP contribution in [-0.4, -0.2) is 6.71 Å². The Morgan fingerprint density at radius 3 is 0.984 bits per heavy atom. The zero-order valence-corrected chi connectivity index (χ0v) is 40.0. The van der Waals surface area contributed by atoms with Crippen LogP contribution in [0, 0.1) is 0 Å². The molecule has 0 N–H and O–H groups in total. The molecule has 5 aromatic carbocycles. The molecule has 2 nitrogen and oxygen atoms in total. The van der Waals surface area contributed by atoms with Gasteiger partial charge in [-0.15, -0.1) is 0 Å². The van der Waals surface area contributed by atoms with Crippen LogP contribution in [0.1, 0.15) is 179 Å². The minimum absolute atomic E-state index is 0.00849. The van der Waals surface area contributed by atoms with Crippen LogP contribution < -0.4 is 26.2 Å². The van der Waals surface area contributed by atoms with E-state index in [1.807, 2.05) is 0 Å². The molecular weight excluding hydrogens is 735 g/mol. The molecule has 2 heterocycles. The molecule has 318 valence electrons. The molecule has 0 fully saturated rings. The molecular formula is C58H73BN2. The topological polar surface area (TPSA) is 6.48 Å². The average molecular weight is 809 g/mol. The highest BCUT2D eigenvalue weighted by molar-refractivity contribution is 7.00. The van der Waals surface area contributed by atoms with Crippen LogP contribution in [0.3, 0.4) is 0 Å². The Hall–Kier alpha value is -4.24. The Morgan fingerprint density at radius 2 is 0.672 bits per heavy atom. The Kier molecular flexibility index (Phi) is 10.5. The maximum Gasteiger partial charge on any atom is 0.252 e. The lowest BCUT2D eigenvalue weighted by Crippen LogP contribution is -2.61. The average Bonchev–Trinajstić information content (AvgIpc) is 3.16. The molecule has 0 aromatic heterocycles. The van der Waals surface area contributed by atoms with Crippen LogP contribution in [0.4, 0.5) is 34.1 Å². The molecule has 0 spiro atoms. The summed E-state index contributed by atoms with van der Waals surface area (Å²) in [7, 11) is 0. The van der Waals surface area contributed by atoms with Crippen molar-refractivity contribution in [3.05, 3.63) is 123 Å². The summed E-state index contributed by atoms with van der Waals surface area (Å²) in [5.41, 5.74) is 24.4. The van der Waals surface area contributed by atoms with Crippen molar-refractivity contribution in [2.45, 2.75) is 182 Å². The summed E-state index contributed by atoms with van der Waals surface area (Å²) in [5, 5.41) is 0. The Morgan fingerprint density at radius 1 is 0.361 bits per heavy atom. The lowest BCUT2D eigenvalue weighted by atomic mass is 9.33. The molecule has 2 aliphatic carbocycles. The smallest absolute Gasteiger partial charge is 0.252 e. The van der Waals surface area contributed by atoms with E-state index in [-0.39, 0.29) is 28.4 Å². The van der Waals surface area contributed by atoms with Gasteiger partial charge in [0.1, 0.15) is 0 Å². The van der Waals surface area contributed by atoms with Crippen LogP contribution in [-0.2, 0) is 47.3 Å². The zero-order valence-electron chi connectivity index (χ0n) is 40.0. The summed E-state index contributed by atoms with van der Waals surface area (Å²) < 4.78 is 0. The van der Waals surface area contributed by atoms with Gasteiger partial charge < -0.3 is 9.80 Å². The first-order chi connectivity index (χ1) is 28.8. The molecule has 2 aliphatic heterocycles. The largest absolute Gasteiger partial charge is 0.311 e. The van der Waals surface area contributed by atoms with Gasteiger partial charge in [0.2, 0.25) is 0 Å². The van der Waals surface area contributed by atoms with Gasteiger partial charge in [-0.1, -0.05) is 139 Å². The maximum atomic E-state index is 2.71. The number of fused-ring (bicyclic) bond motifs is 6. The first kappa shape index (κ1) is 42.1. The molecule has 5 aromatic rings. The number of hydrogen-bond donors (Lipinski definition) is 0. The fourth-order valence-corrected chi connectivity index (χ4v) is 10.9. The minimum Gasteiger partial charge on any atom is -0.311 e. The quantitative estimate of drug-likeness (QED) is 0.161. The van der Waals surface area contributed by atoms with E-state index in [0.29, 0.717) is 0 Å². The SMILES string of the molecule is CC(C)(C)c1cc(N2c3cc4c(cc3B3c5cc6c(cc5N(c5cc(C(C)(C)C)cc(C(C)(C)C)c5)c5cccc2c53)CCCCCC6)CCCCCC4)cc(C(C)(C)C)c1. The third kappa shape index (κ3) is 7.80. The first-order valence-corrected chi connectivity index (χ1v) is 24.1. The van der Waals surface area contributed by atoms with E-state index < -0.39 is 0 Å². The van der Waals surface area contributed by atoms with Crippen molar-refractivity contribution in [3.8, 4) is 0 Å². The van der Waals surface area contributed by atoms with Crippen molar-refractivity contribution in [2.24, 2.45) is 0 Å². The molecule has 9 rings (SSSR count). The number of benzene rings is 5. The molecule has 4 aliphatic rings. The van der Waals surface area contributed by atoms with E-state index in [1.165, 1.54) is 150 Å². The van der Waals surface area contributed by atoms with Crippen molar-refractivity contribution < 1.29 is 0 Å². The number of rotatable bonds is 2. The Balaban J connectivity index is 1.39. The number of hydrogen-bond acceptors (Lipinski definition) is 2. The van der Waals surface area contributed by atoms with Gasteiger partial charge in [-0.05, 0) is 182 Å². The summed E-state index contributed by atoms with van der Waals surface area (Å²) in [6.07, 6.45) is 15.1. The molecule has 61 heavy (non-hydrogen) atoms. The molecule has 0 atom stereocenters. The van der Waals surface area contributed by atoms with Gasteiger partial charge in [0.15, 0.2) is 0 Å². The van der Waals surface area contributed by atoms with Crippen LogP contribution in [0.5, 0.6) is 0 Å². The van der Waals surface area contributed by atoms with Crippen LogP contribution >= 0.6 is 0 Å². The van der Waals surface area contributed by atoms with E-state index in [2.05, 4.69) is 172 Å². The lowest BCUT2D eigenvalue weighted by Gasteiger charge is -2.45. The van der Waals surface area contributed by atoms with Crippen molar-refractivity contribution >= 4 is 57.2 Å². The van der Waals surface area contributed by atoms with E-state index in [9.17, 15) is 0 Å². The fourth-order valence-electron chi connectivity index (χ4n) is 10.9. The van der Waals surface area contributed by atoms with Crippen molar-refractivity contribution in [3.63, 3.8) is 0 Å². The highest BCUT2D eigenvalue weighted by Crippen LogP contribution is 2.48. The molecule has 0 amide bonds. The van der Waals surface area contributed by atoms with E-state index in [4.69, 9.17) is 0 Å². The fraction of sp³-hybridized carbons (Fsp3) is 0.483. The van der Waals surface area contributed by atoms with Gasteiger partial charge in [0, 0.05) is 34.1 Å². The first-order valence-electron chi connectivity index (χ1n) is 24.1. The number of nitrogens with zero attached hydrogens (tertiary/aromatic N) is 2. The van der Waals surface area contributed by atoms with E-state index in [1.54, 1.807) is 22.3 Å². The minimum atomic E-state index is 0.00849. The summed E-state index contributed by atoms with van der Waals surface area (Å²) in [5.74, 6) is 0. The second-order valence-corrected chi connectivity index (χ2v) is 23.5. The van der Waals surface area contributed by atoms with Gasteiger partial charge in [0.05, 0.1) is 0 Å². The highest BCUT2D eigenvalue weighted by Gasteiger charge is 2.44. The number of anilines is 6. The van der Waals surface area contributed by atoms with Crippen molar-refractivity contribution in [2.75, 3.05) is 9.80 Å². The summed E-state index contributed by atoms with van der Waals surface area (Å²) >= 11 is 0. The van der Waals surface area contributed by atoms with Crippen LogP contribution in [0.15, 0.2) is 78.9 Å². The van der Waals surface area contributed by atoms with Gasteiger partial charge in [-0.25, -0.2) is 0 Å². The number of aryl methyl sites for hydroxylation is 4. The standard InChI is InChI=1S/C58H73BN2/c1-55(2,3)42-32-43(56(4,5)6)35-46(34-42)60-50-26-21-27-51-54(50)59(48-28-38-22-17-13-15-19-24-40(38)30-52(48)60)49-29-39-23-18-14-16-20-25-41(39)31-53(49)61(51)47-36-44(57(7,8)9)33-45(37-47)58(10,11)12/h21,26-37H,13-20,22-25H2,1-12H3. The van der Waals surface area contributed by atoms with Gasteiger partial charge in [-0.2, -0.15) is 0 Å². The lowest BCUT2D eigenvalue weighted by molar-refractivity contribution is 0.568. The summed E-state index contributed by atoms with van der Waals surface area (Å²) in [4.78, 5) is 5.41. The Labute approximate surface area is 370 Å². The molecule has 0 bridgehead atoms. The van der Waals surface area contributed by atoms with Gasteiger partial charge in [-0.3, -0.25) is 0 Å². The molecule has 0 radical (unpaired) electrons. The predicted octanol–water partition coefficient (Wildman–Crippen LogP) is 14.3. The van der Waals surface area contributed by atoms with Gasteiger partial charge in [0.25, 0.3) is 6.71 Å². The van der Waals surface area contributed by atoms with E-state index >= 15 is 0 Å². The molecule has 0 saturated heterocycles. The second-order valence-electron chi connectivity index (χ2n) is 23.5. The maximum absolute atomic E-state index is 2.71. The molecule has 0 saturated carbocycles. The summed E-state index contributed by atoms with van der Waals surface area (Å²) in [6, 6.07) is 33.1. The van der Waals surface area contributed by atoms with Crippen molar-refractivity contribution in [1.29, 1.82) is 0 Å². The Bertz CT molecular complexity index is 2260. The normalized spacial score (nSPS) is 17.0. The molecule has 0 unspecified atom stereocenters. The highest BCUT2D eigenvalue weighted by atomic mass is 15.2. The second kappa shape index (κ2) is 15.2. The zero-order chi connectivity index (χ0) is 43.2. The van der Waals surface area contributed by atoms with Crippen LogP contribution in [0.25, 0.3) is 0 Å². The van der Waals surface area contributed by atoms with Crippen LogP contribution in [0.2, 0.25) is 0 Å². The monoisotopic (exact) mass is 809 g/mol. The van der Waals surface area contributed by atoms with Crippen molar-refractivity contribution in [1.82, 2.24) is 0 Å². The third-order valence-electron chi connectivity index (χ3n) is 14.7. The third-order valence-corrected chi connectivity index (χ3v) is 14.7. The molecule has 3 heteroatoms. The van der Waals surface area contributed by atoms with E-state index in [0.717, 1.165) is 0 Å². The van der Waals surface area contributed by atoms with Gasteiger partial charge >= 0.3 is 0 Å². The predicted molar refractivity (Wildman–Crippen MR) is 267 cm³/mol. The summed E-state index contributed by atoms with van der Waals surface area (Å²) in [6.45, 7) is 28.7.